The summed E-state index contributed by atoms with van der Waals surface area (Å²) in [5.74, 6) is -1.02. The molecule has 0 aromatic heterocycles. The lowest BCUT2D eigenvalue weighted by Gasteiger charge is -2.30. The third kappa shape index (κ3) is 2.18. The number of hydrogen-bond acceptors (Lipinski definition) is 2. The van der Waals surface area contributed by atoms with E-state index in [-0.39, 0.29) is 12.3 Å². The van der Waals surface area contributed by atoms with Crippen LogP contribution >= 0.6 is 0 Å². The van der Waals surface area contributed by atoms with Crippen LogP contribution in [0.25, 0.3) is 0 Å². The van der Waals surface area contributed by atoms with Gasteiger partial charge in [-0.05, 0) is 23.6 Å². The van der Waals surface area contributed by atoms with E-state index in [1.54, 1.807) is 6.07 Å². The number of nitrogens with one attached hydrogen (secondary N) is 1. The highest BCUT2D eigenvalue weighted by molar-refractivity contribution is 6.00. The van der Waals surface area contributed by atoms with Gasteiger partial charge in [-0.1, -0.05) is 48.5 Å². The lowest BCUT2D eigenvalue weighted by Crippen LogP contribution is -2.40. The van der Waals surface area contributed by atoms with Crippen LogP contribution in [0.1, 0.15) is 34.3 Å². The van der Waals surface area contributed by atoms with Crippen molar-refractivity contribution in [2.75, 3.05) is 0 Å². The molecular weight excluding hydrogens is 266 g/mol. The van der Waals surface area contributed by atoms with Crippen molar-refractivity contribution >= 4 is 11.9 Å². The Balaban J connectivity index is 2.15. The number of carboxylic acid groups (broad SMARTS) is 1. The van der Waals surface area contributed by atoms with Gasteiger partial charge >= 0.3 is 5.97 Å². The molecule has 3 rings (SSSR count). The minimum Gasteiger partial charge on any atom is -0.481 e. The van der Waals surface area contributed by atoms with E-state index in [4.69, 9.17) is 5.11 Å². The maximum atomic E-state index is 12.2. The Morgan fingerprint density at radius 2 is 1.71 bits per heavy atom. The SMILES string of the molecule is O=C(O)CCC1(c2ccccc2)NC(=O)c2ccccc21. The van der Waals surface area contributed by atoms with E-state index in [0.29, 0.717) is 12.0 Å². The van der Waals surface area contributed by atoms with Crippen molar-refractivity contribution in [1.82, 2.24) is 5.32 Å². The zero-order valence-corrected chi connectivity index (χ0v) is 11.4. The smallest absolute Gasteiger partial charge is 0.303 e. The zero-order valence-electron chi connectivity index (χ0n) is 11.4. The number of carboxylic acids is 1. The minimum atomic E-state index is -0.871. The van der Waals surface area contributed by atoms with Gasteiger partial charge in [-0.3, -0.25) is 9.59 Å². The predicted octanol–water partition coefficient (Wildman–Crippen LogP) is 2.54. The third-order valence-electron chi connectivity index (χ3n) is 3.94. The summed E-state index contributed by atoms with van der Waals surface area (Å²) in [5, 5.41) is 12.0. The number of benzene rings is 2. The van der Waals surface area contributed by atoms with Gasteiger partial charge in [-0.2, -0.15) is 0 Å². The van der Waals surface area contributed by atoms with Crippen LogP contribution in [0, 0.1) is 0 Å². The van der Waals surface area contributed by atoms with Gasteiger partial charge in [-0.25, -0.2) is 0 Å². The number of amides is 1. The molecule has 2 N–H and O–H groups in total. The van der Waals surface area contributed by atoms with Gasteiger partial charge in [0.1, 0.15) is 0 Å². The molecule has 0 aliphatic carbocycles. The van der Waals surface area contributed by atoms with Crippen LogP contribution in [-0.4, -0.2) is 17.0 Å². The van der Waals surface area contributed by atoms with E-state index in [2.05, 4.69) is 5.32 Å². The first kappa shape index (κ1) is 13.4. The van der Waals surface area contributed by atoms with Crippen LogP contribution in [0.2, 0.25) is 0 Å². The molecule has 1 amide bonds. The maximum absolute atomic E-state index is 12.2. The van der Waals surface area contributed by atoms with Gasteiger partial charge in [0, 0.05) is 12.0 Å². The molecule has 4 nitrogen and oxygen atoms in total. The van der Waals surface area contributed by atoms with Crippen LogP contribution in [0.4, 0.5) is 0 Å². The molecular formula is C17H15NO3. The fourth-order valence-corrected chi connectivity index (χ4v) is 2.97. The highest BCUT2D eigenvalue weighted by Crippen LogP contribution is 2.40. The Kier molecular flexibility index (Phi) is 3.22. The summed E-state index contributed by atoms with van der Waals surface area (Å²) in [4.78, 5) is 23.3. The normalized spacial score (nSPS) is 19.9. The third-order valence-corrected chi connectivity index (χ3v) is 3.94. The highest BCUT2D eigenvalue weighted by Gasteiger charge is 2.43. The summed E-state index contributed by atoms with van der Waals surface area (Å²) in [5.41, 5.74) is 1.62. The van der Waals surface area contributed by atoms with Gasteiger partial charge in [0.25, 0.3) is 5.91 Å². The van der Waals surface area contributed by atoms with E-state index in [1.807, 2.05) is 48.5 Å². The topological polar surface area (TPSA) is 66.4 Å². The van der Waals surface area contributed by atoms with E-state index in [9.17, 15) is 9.59 Å². The number of aliphatic carboxylic acids is 1. The number of hydrogen-bond donors (Lipinski definition) is 2. The van der Waals surface area contributed by atoms with Crippen molar-refractivity contribution < 1.29 is 14.7 Å². The second-order valence-electron chi connectivity index (χ2n) is 5.16. The first-order chi connectivity index (χ1) is 10.1. The monoisotopic (exact) mass is 281 g/mol. The Hall–Kier alpha value is -2.62. The molecule has 4 heteroatoms. The summed E-state index contributed by atoms with van der Waals surface area (Å²) in [6.07, 6.45) is 0.318. The molecule has 0 saturated carbocycles. The van der Waals surface area contributed by atoms with Crippen LogP contribution in [0.15, 0.2) is 54.6 Å². The lowest BCUT2D eigenvalue weighted by atomic mass is 9.80. The van der Waals surface area contributed by atoms with Crippen LogP contribution in [0.3, 0.4) is 0 Å². The molecule has 106 valence electrons. The molecule has 0 bridgehead atoms. The minimum absolute atomic E-state index is 0.0104. The zero-order chi connectivity index (χ0) is 14.9. The largest absolute Gasteiger partial charge is 0.481 e. The van der Waals surface area contributed by atoms with Crippen molar-refractivity contribution in [3.63, 3.8) is 0 Å². The number of carbonyl (C=O) groups is 2. The van der Waals surface area contributed by atoms with Gasteiger partial charge in [0.2, 0.25) is 0 Å². The molecule has 1 aliphatic heterocycles. The van der Waals surface area contributed by atoms with Crippen LogP contribution in [-0.2, 0) is 10.3 Å². The van der Waals surface area contributed by atoms with Crippen molar-refractivity contribution in [2.24, 2.45) is 0 Å². The Morgan fingerprint density at radius 1 is 1.05 bits per heavy atom. The van der Waals surface area contributed by atoms with Gasteiger partial charge in [0.15, 0.2) is 0 Å². The number of carbonyl (C=O) groups excluding carboxylic acids is 1. The van der Waals surface area contributed by atoms with E-state index < -0.39 is 11.5 Å². The summed E-state index contributed by atoms with van der Waals surface area (Å²) in [6.45, 7) is 0. The lowest BCUT2D eigenvalue weighted by molar-refractivity contribution is -0.137. The fraction of sp³-hybridized carbons (Fsp3) is 0.176. The number of fused-ring (bicyclic) bond motifs is 1. The van der Waals surface area contributed by atoms with Gasteiger partial charge in [0.05, 0.1) is 5.54 Å². The van der Waals surface area contributed by atoms with Crippen molar-refractivity contribution in [2.45, 2.75) is 18.4 Å². The van der Waals surface area contributed by atoms with Crippen molar-refractivity contribution in [3.05, 3.63) is 71.3 Å². The molecule has 0 saturated heterocycles. The quantitative estimate of drug-likeness (QED) is 0.905. The summed E-state index contributed by atoms with van der Waals surface area (Å²) in [6, 6.07) is 16.9. The molecule has 1 atom stereocenters. The van der Waals surface area contributed by atoms with Crippen molar-refractivity contribution in [1.29, 1.82) is 0 Å². The highest BCUT2D eigenvalue weighted by atomic mass is 16.4. The fourth-order valence-electron chi connectivity index (χ4n) is 2.97. The van der Waals surface area contributed by atoms with Gasteiger partial charge < -0.3 is 10.4 Å². The molecule has 1 aliphatic rings. The Labute approximate surface area is 122 Å². The average Bonchev–Trinajstić information content (AvgIpc) is 2.80. The van der Waals surface area contributed by atoms with E-state index in [1.165, 1.54) is 0 Å². The molecule has 1 unspecified atom stereocenters. The standard InChI is InChI=1S/C17H15NO3/c19-15(20)10-11-17(12-6-2-1-3-7-12)14-9-5-4-8-13(14)16(21)18-17/h1-9H,10-11H2,(H,18,21)(H,19,20). The van der Waals surface area contributed by atoms with E-state index >= 15 is 0 Å². The second-order valence-corrected chi connectivity index (χ2v) is 5.16. The molecule has 0 spiro atoms. The maximum Gasteiger partial charge on any atom is 0.303 e. The Morgan fingerprint density at radius 3 is 2.43 bits per heavy atom. The summed E-state index contributed by atoms with van der Waals surface area (Å²) in [7, 11) is 0. The molecule has 1 heterocycles. The predicted molar refractivity (Wildman–Crippen MR) is 78.0 cm³/mol. The first-order valence-electron chi connectivity index (χ1n) is 6.83. The van der Waals surface area contributed by atoms with E-state index in [0.717, 1.165) is 11.1 Å². The van der Waals surface area contributed by atoms with Crippen molar-refractivity contribution in [3.8, 4) is 0 Å². The van der Waals surface area contributed by atoms with Gasteiger partial charge in [-0.15, -0.1) is 0 Å². The average molecular weight is 281 g/mol. The molecule has 2 aromatic carbocycles. The summed E-state index contributed by atoms with van der Waals surface area (Å²) < 4.78 is 0. The molecule has 0 fully saturated rings. The first-order valence-corrected chi connectivity index (χ1v) is 6.83. The van der Waals surface area contributed by atoms with Crippen LogP contribution < -0.4 is 5.32 Å². The Bertz CT molecular complexity index is 696. The molecule has 21 heavy (non-hydrogen) atoms. The second kappa shape index (κ2) is 5.05. The molecule has 2 aromatic rings. The number of rotatable bonds is 4. The van der Waals surface area contributed by atoms with Crippen LogP contribution in [0.5, 0.6) is 0 Å². The molecule has 0 radical (unpaired) electrons. The summed E-state index contributed by atoms with van der Waals surface area (Å²) >= 11 is 0.